The fourth-order valence-corrected chi connectivity index (χ4v) is 15.8. The molecule has 15 aromatic carbocycles. The van der Waals surface area contributed by atoms with E-state index < -0.39 is 25.4 Å². The van der Waals surface area contributed by atoms with Crippen LogP contribution < -0.4 is 21.9 Å². The first-order chi connectivity index (χ1) is 56.4. The van der Waals surface area contributed by atoms with Crippen molar-refractivity contribution in [3.8, 4) is 77.9 Å². The first-order valence-corrected chi connectivity index (χ1v) is 41.5. The van der Waals surface area contributed by atoms with Crippen LogP contribution in [0.2, 0.25) is 0 Å². The van der Waals surface area contributed by atoms with Crippen molar-refractivity contribution in [3.05, 3.63) is 340 Å². The second kappa shape index (κ2) is 32.2. The molecule has 0 atom stereocenters. The summed E-state index contributed by atoms with van der Waals surface area (Å²) >= 11 is 0. The molecule has 12 heteroatoms. The Balaban J connectivity index is 0.000000120. The van der Waals surface area contributed by atoms with Crippen LogP contribution in [0.5, 0.6) is 0 Å². The van der Waals surface area contributed by atoms with E-state index in [1.807, 2.05) is 12.1 Å². The maximum absolute atomic E-state index is 6.50. The van der Waals surface area contributed by atoms with Gasteiger partial charge in [-0.1, -0.05) is 303 Å². The largest absolute Gasteiger partial charge is 0.495 e. The first kappa shape index (κ1) is 81.0. The predicted octanol–water partition coefficient (Wildman–Crippen LogP) is 24.2. The molecule has 0 radical (unpaired) electrons. The van der Waals surface area contributed by atoms with Crippen molar-refractivity contribution in [1.82, 2.24) is 0 Å². The van der Waals surface area contributed by atoms with Crippen molar-refractivity contribution >= 4 is 93.4 Å². The predicted molar refractivity (Wildman–Crippen MR) is 497 cm³/mol. The van der Waals surface area contributed by atoms with Crippen molar-refractivity contribution in [3.63, 3.8) is 0 Å². The van der Waals surface area contributed by atoms with Gasteiger partial charge in [0.25, 0.3) is 0 Å². The smallest absolute Gasteiger partial charge is 0.399 e. The summed E-state index contributed by atoms with van der Waals surface area (Å²) in [6.07, 6.45) is 0. The minimum atomic E-state index is -0.441. The molecule has 4 heterocycles. The lowest BCUT2D eigenvalue weighted by Gasteiger charge is -2.32. The van der Waals surface area contributed by atoms with Crippen LogP contribution >= 0.6 is 0 Å². The van der Waals surface area contributed by atoms with Gasteiger partial charge >= 0.3 is 28.5 Å². The minimum Gasteiger partial charge on any atom is -0.399 e. The number of benzene rings is 15. The Morgan fingerprint density at radius 3 is 0.780 bits per heavy atom. The molecule has 0 amide bonds. The highest BCUT2D eigenvalue weighted by Gasteiger charge is 2.55. The molecule has 0 saturated carbocycles. The number of rotatable bonds is 11. The summed E-state index contributed by atoms with van der Waals surface area (Å²) in [4.78, 5) is 0. The van der Waals surface area contributed by atoms with Crippen LogP contribution in [-0.2, 0) is 37.2 Å². The van der Waals surface area contributed by atoms with Gasteiger partial charge < -0.3 is 37.2 Å². The van der Waals surface area contributed by atoms with E-state index in [9.17, 15) is 0 Å². The second-order valence-electron chi connectivity index (χ2n) is 35.8. The molecule has 4 fully saturated rings. The van der Waals surface area contributed by atoms with Gasteiger partial charge in [-0.05, 0) is 290 Å². The van der Waals surface area contributed by atoms with Crippen LogP contribution in [0.15, 0.2) is 340 Å². The topological polar surface area (TPSA) is 73.8 Å². The third-order valence-corrected chi connectivity index (χ3v) is 25.6. The fourth-order valence-electron chi connectivity index (χ4n) is 15.8. The lowest BCUT2D eigenvalue weighted by atomic mass is 9.75. The molecule has 4 aliphatic rings. The summed E-state index contributed by atoms with van der Waals surface area (Å²) in [5, 5.41) is 9.94. The molecule has 0 unspecified atom stereocenters. The fraction of sp³-hybridized carbons (Fsp3) is 0.226. The van der Waals surface area contributed by atoms with Gasteiger partial charge in [-0.15, -0.1) is 0 Å². The average molecular weight is 1550 g/mol. The van der Waals surface area contributed by atoms with Gasteiger partial charge in [-0.2, -0.15) is 0 Å². The van der Waals surface area contributed by atoms with E-state index in [2.05, 4.69) is 438 Å². The van der Waals surface area contributed by atoms with Crippen molar-refractivity contribution in [2.24, 2.45) is 0 Å². The maximum atomic E-state index is 6.50. The Morgan fingerprint density at radius 2 is 0.390 bits per heavy atom. The molecule has 0 N–H and O–H groups in total. The van der Waals surface area contributed by atoms with E-state index in [1.54, 1.807) is 0 Å². The van der Waals surface area contributed by atoms with E-state index in [4.69, 9.17) is 37.2 Å². The molecule has 4 saturated heterocycles. The van der Waals surface area contributed by atoms with Gasteiger partial charge in [0.15, 0.2) is 0 Å². The van der Waals surface area contributed by atoms with Crippen molar-refractivity contribution in [1.29, 1.82) is 0 Å². The molecule has 0 aromatic heterocycles. The van der Waals surface area contributed by atoms with E-state index in [1.165, 1.54) is 93.2 Å². The highest BCUT2D eigenvalue weighted by molar-refractivity contribution is 6.66. The van der Waals surface area contributed by atoms with Crippen LogP contribution in [0.4, 0.5) is 0 Å². The van der Waals surface area contributed by atoms with Crippen LogP contribution in [0.3, 0.4) is 0 Å². The zero-order valence-electron chi connectivity index (χ0n) is 70.9. The molecule has 15 aromatic rings. The Hall–Kier alpha value is -10.7. The lowest BCUT2D eigenvalue weighted by molar-refractivity contribution is 0.00578. The number of hydrogen-bond donors (Lipinski definition) is 0. The third kappa shape index (κ3) is 16.6. The van der Waals surface area contributed by atoms with Gasteiger partial charge in [-0.3, -0.25) is 0 Å². The highest BCUT2D eigenvalue weighted by atomic mass is 16.7. The summed E-state index contributed by atoms with van der Waals surface area (Å²) in [6.45, 7) is 33.5. The van der Waals surface area contributed by atoms with E-state index in [0.29, 0.717) is 0 Å². The maximum Gasteiger partial charge on any atom is 0.495 e. The van der Waals surface area contributed by atoms with Gasteiger partial charge in [0, 0.05) is 0 Å². The molecule has 8 nitrogen and oxygen atoms in total. The lowest BCUT2D eigenvalue weighted by Crippen LogP contribution is -2.41. The third-order valence-electron chi connectivity index (χ3n) is 25.6. The summed E-state index contributed by atoms with van der Waals surface area (Å²) in [5.41, 5.74) is 17.8. The summed E-state index contributed by atoms with van der Waals surface area (Å²) in [5.74, 6) is 0. The molecule has 4 aliphatic heterocycles. The molecular formula is C106H104B4O8. The standard InChI is InChI=1S/C36H33BO2.C30H29BO2.2C20H21BO2/c1-35(2)36(3,4)39-37(38-35)34-24-32(28-18-12-7-13-19-28)23-33(25-34)31-21-29(26-14-8-5-9-15-26)20-30(22-31)27-16-10-6-11-17-27;1-29(2)30(3,4)33-31(32-29)28-20-26(23-14-9-6-10-15-23)19-27(21-28)25-17-11-16-24(18-25)22-12-7-5-8-13-22;1-19(2)20(3,4)23-21(22-19)18-13-14-9-5-6-10-15(14)16-11-7-8-12-17(16)18;1-19(2)20(3,4)23-21(22-19)16-12-11-15-10-9-14-7-5-6-8-17(14)18(15)13-16/h5-25H,1-4H3;5-21H,1-4H3;2*5-13H,1-4H3. The van der Waals surface area contributed by atoms with Crippen molar-refractivity contribution in [2.45, 2.75) is 156 Å². The SMILES string of the molecule is CC1(C)OB(c2cc(-c3ccccc3)cc(-c3cc(-c4ccccc4)cc(-c4ccccc4)c3)c2)OC1(C)C.CC1(C)OB(c2cc(-c3ccccc3)cc(-c3cccc(-c4ccccc4)c3)c2)OC1(C)C.CC1(C)OB(c2cc3ccccc3c3ccccc23)OC1(C)C.CC1(C)OB(c2ccc3ccc4ccccc4c3c2)OC1(C)C. The second-order valence-corrected chi connectivity index (χ2v) is 35.8. The highest BCUT2D eigenvalue weighted by Crippen LogP contribution is 2.44. The zero-order valence-corrected chi connectivity index (χ0v) is 70.9. The number of fused-ring (bicyclic) bond motifs is 6. The first-order valence-electron chi connectivity index (χ1n) is 41.5. The molecule has 0 spiro atoms. The molecule has 118 heavy (non-hydrogen) atoms. The monoisotopic (exact) mass is 1550 g/mol. The van der Waals surface area contributed by atoms with Crippen molar-refractivity contribution in [2.75, 3.05) is 0 Å². The van der Waals surface area contributed by atoms with E-state index in [-0.39, 0.29) is 47.8 Å². The van der Waals surface area contributed by atoms with E-state index >= 15 is 0 Å². The van der Waals surface area contributed by atoms with Gasteiger partial charge in [0.05, 0.1) is 44.8 Å². The Kier molecular flexibility index (Phi) is 22.1. The normalized spacial score (nSPS) is 17.5. The molecule has 0 aliphatic carbocycles. The molecule has 19 rings (SSSR count). The molecule has 0 bridgehead atoms. The Morgan fingerprint density at radius 1 is 0.153 bits per heavy atom. The molecule has 588 valence electrons. The summed E-state index contributed by atoms with van der Waals surface area (Å²) in [6, 6.07) is 120. The van der Waals surface area contributed by atoms with Crippen molar-refractivity contribution < 1.29 is 37.2 Å². The quantitative estimate of drug-likeness (QED) is 0.0937. The Labute approximate surface area is 699 Å². The van der Waals surface area contributed by atoms with Crippen LogP contribution in [0.1, 0.15) is 111 Å². The van der Waals surface area contributed by atoms with E-state index in [0.717, 1.165) is 49.7 Å². The zero-order chi connectivity index (χ0) is 82.6. The average Bonchev–Trinajstić information content (AvgIpc) is 1.64. The van der Waals surface area contributed by atoms with Crippen LogP contribution in [-0.4, -0.2) is 73.3 Å². The van der Waals surface area contributed by atoms with Crippen LogP contribution in [0, 0.1) is 0 Å². The van der Waals surface area contributed by atoms with Crippen LogP contribution in [0.25, 0.3) is 121 Å². The Bertz CT molecular complexity index is 5990. The summed E-state index contributed by atoms with van der Waals surface area (Å²) < 4.78 is 50.7. The minimum absolute atomic E-state index is 0.314. The molecular weight excluding hydrogens is 1440 g/mol. The summed E-state index contributed by atoms with van der Waals surface area (Å²) in [7, 11) is -1.50. The number of hydrogen-bond acceptors (Lipinski definition) is 8. The van der Waals surface area contributed by atoms with Gasteiger partial charge in [-0.25, -0.2) is 0 Å². The van der Waals surface area contributed by atoms with Gasteiger partial charge in [0.2, 0.25) is 0 Å². The van der Waals surface area contributed by atoms with Gasteiger partial charge in [0.1, 0.15) is 0 Å².